The van der Waals surface area contributed by atoms with Crippen LogP contribution in [0.3, 0.4) is 0 Å². The number of nitriles is 1. The van der Waals surface area contributed by atoms with E-state index in [1.807, 2.05) is 34.6 Å². The van der Waals surface area contributed by atoms with Gasteiger partial charge in [0.15, 0.2) is 0 Å². The second kappa shape index (κ2) is 10.7. The van der Waals surface area contributed by atoms with Gasteiger partial charge in [0.1, 0.15) is 18.1 Å². The van der Waals surface area contributed by atoms with Crippen molar-refractivity contribution >= 4 is 23.6 Å². The molecule has 0 unspecified atom stereocenters. The molecule has 0 aromatic carbocycles. The molecule has 190 valence electrons. The predicted octanol–water partition coefficient (Wildman–Crippen LogP) is 1.87. The number of carbonyl (C=O) groups is 4. The Bertz CT molecular complexity index is 837. The van der Waals surface area contributed by atoms with Gasteiger partial charge in [-0.3, -0.25) is 19.2 Å². The van der Waals surface area contributed by atoms with E-state index in [2.05, 4.69) is 22.0 Å². The van der Waals surface area contributed by atoms with Gasteiger partial charge in [0.2, 0.25) is 23.6 Å². The Morgan fingerprint density at radius 2 is 1.79 bits per heavy atom. The zero-order chi connectivity index (χ0) is 25.8. The van der Waals surface area contributed by atoms with Gasteiger partial charge in [-0.2, -0.15) is 5.26 Å². The van der Waals surface area contributed by atoms with Crippen LogP contribution >= 0.6 is 0 Å². The average molecular weight is 476 g/mol. The summed E-state index contributed by atoms with van der Waals surface area (Å²) in [6, 6.07) is -0.258. The summed E-state index contributed by atoms with van der Waals surface area (Å²) in [6.45, 7) is 10.9. The van der Waals surface area contributed by atoms with Crippen LogP contribution in [-0.4, -0.2) is 59.2 Å². The Morgan fingerprint density at radius 3 is 2.26 bits per heavy atom. The molecular formula is C25H41N5O4. The molecule has 3 N–H and O–H groups in total. The summed E-state index contributed by atoms with van der Waals surface area (Å²) in [5.74, 6) is -1.15. The molecule has 1 aliphatic carbocycles. The van der Waals surface area contributed by atoms with Gasteiger partial charge in [-0.05, 0) is 50.9 Å². The summed E-state index contributed by atoms with van der Waals surface area (Å²) in [4.78, 5) is 52.3. The van der Waals surface area contributed by atoms with Gasteiger partial charge >= 0.3 is 0 Å². The van der Waals surface area contributed by atoms with Gasteiger partial charge in [-0.15, -0.1) is 0 Å². The number of rotatable bonds is 9. The highest BCUT2D eigenvalue weighted by Gasteiger charge is 2.41. The van der Waals surface area contributed by atoms with Crippen LogP contribution in [-0.2, 0) is 19.2 Å². The number of hydrogen-bond donors (Lipinski definition) is 3. The Balaban J connectivity index is 2.13. The first-order valence-electron chi connectivity index (χ1n) is 12.2. The zero-order valence-electron chi connectivity index (χ0n) is 21.7. The van der Waals surface area contributed by atoms with E-state index in [1.54, 1.807) is 7.05 Å². The lowest BCUT2D eigenvalue weighted by atomic mass is 9.83. The molecule has 4 atom stereocenters. The van der Waals surface area contributed by atoms with E-state index in [4.69, 9.17) is 0 Å². The van der Waals surface area contributed by atoms with E-state index in [0.717, 1.165) is 19.3 Å². The fourth-order valence-corrected chi connectivity index (χ4v) is 4.40. The third kappa shape index (κ3) is 7.71. The van der Waals surface area contributed by atoms with Crippen molar-refractivity contribution < 1.29 is 19.2 Å². The third-order valence-electron chi connectivity index (χ3n) is 6.77. The van der Waals surface area contributed by atoms with E-state index in [-0.39, 0.29) is 35.6 Å². The van der Waals surface area contributed by atoms with Gasteiger partial charge in [0.25, 0.3) is 0 Å². The molecule has 0 aromatic heterocycles. The molecule has 2 aliphatic rings. The largest absolute Gasteiger partial charge is 0.351 e. The smallest absolute Gasteiger partial charge is 0.246 e. The predicted molar refractivity (Wildman–Crippen MR) is 128 cm³/mol. The molecule has 4 amide bonds. The normalized spacial score (nSPS) is 22.4. The minimum Gasteiger partial charge on any atom is -0.351 e. The lowest BCUT2D eigenvalue weighted by molar-refractivity contribution is -0.144. The van der Waals surface area contributed by atoms with Crippen LogP contribution in [0.2, 0.25) is 0 Å². The van der Waals surface area contributed by atoms with Crippen molar-refractivity contribution in [1.29, 1.82) is 5.26 Å². The minimum absolute atomic E-state index is 0.101. The van der Waals surface area contributed by atoms with Crippen molar-refractivity contribution in [2.45, 2.75) is 104 Å². The molecule has 34 heavy (non-hydrogen) atoms. The van der Waals surface area contributed by atoms with Crippen LogP contribution in [0, 0.1) is 28.6 Å². The zero-order valence-corrected chi connectivity index (χ0v) is 21.7. The summed E-state index contributed by atoms with van der Waals surface area (Å²) in [6.07, 6.45) is 4.19. The van der Waals surface area contributed by atoms with Gasteiger partial charge in [0.05, 0.1) is 6.07 Å². The SMILES string of the molecule is CC(=O)N[C@H](C(=O)N(C)[C@@H](CC1CC1)C(=O)N[C@H](C#N)C[C@@H]1CCC(C)(C)NC1=O)C(C)(C)C. The first-order chi connectivity index (χ1) is 15.6. The monoisotopic (exact) mass is 475 g/mol. The topological polar surface area (TPSA) is 131 Å². The van der Waals surface area contributed by atoms with Crippen LogP contribution in [0.25, 0.3) is 0 Å². The van der Waals surface area contributed by atoms with Gasteiger partial charge in [-0.25, -0.2) is 0 Å². The molecule has 9 heteroatoms. The van der Waals surface area contributed by atoms with Crippen LogP contribution in [0.4, 0.5) is 0 Å². The summed E-state index contributed by atoms with van der Waals surface area (Å²) >= 11 is 0. The summed E-state index contributed by atoms with van der Waals surface area (Å²) < 4.78 is 0. The van der Waals surface area contributed by atoms with E-state index in [9.17, 15) is 24.4 Å². The third-order valence-corrected chi connectivity index (χ3v) is 6.77. The molecule has 1 saturated heterocycles. The Morgan fingerprint density at radius 1 is 1.18 bits per heavy atom. The van der Waals surface area contributed by atoms with E-state index >= 15 is 0 Å². The lowest BCUT2D eigenvalue weighted by Crippen LogP contribution is -2.58. The number of likely N-dealkylation sites (N-methyl/N-ethyl adjacent to an activating group) is 1. The van der Waals surface area contributed by atoms with Crippen LogP contribution < -0.4 is 16.0 Å². The first kappa shape index (κ1) is 27.6. The molecule has 9 nitrogen and oxygen atoms in total. The number of hydrogen-bond acceptors (Lipinski definition) is 5. The maximum absolute atomic E-state index is 13.4. The minimum atomic E-state index is -0.830. The Hall–Kier alpha value is -2.63. The summed E-state index contributed by atoms with van der Waals surface area (Å²) in [5, 5.41) is 18.2. The van der Waals surface area contributed by atoms with Crippen LogP contribution in [0.1, 0.15) is 80.1 Å². The molecule has 1 heterocycles. The van der Waals surface area contributed by atoms with Crippen molar-refractivity contribution in [1.82, 2.24) is 20.9 Å². The highest BCUT2D eigenvalue weighted by molar-refractivity contribution is 5.92. The van der Waals surface area contributed by atoms with Crippen molar-refractivity contribution in [3.63, 3.8) is 0 Å². The number of carbonyl (C=O) groups excluding carboxylic acids is 4. The molecule has 2 rings (SSSR count). The second-order valence-electron chi connectivity index (χ2n) is 11.7. The quantitative estimate of drug-likeness (QED) is 0.468. The highest BCUT2D eigenvalue weighted by Crippen LogP contribution is 2.35. The van der Waals surface area contributed by atoms with Crippen molar-refractivity contribution in [2.24, 2.45) is 17.3 Å². The molecule has 1 aliphatic heterocycles. The molecule has 0 aromatic rings. The molecule has 0 spiro atoms. The molecule has 0 radical (unpaired) electrons. The Labute approximate surface area is 203 Å². The number of piperidine rings is 1. The summed E-state index contributed by atoms with van der Waals surface area (Å²) in [7, 11) is 1.58. The van der Waals surface area contributed by atoms with Crippen LogP contribution in [0.5, 0.6) is 0 Å². The van der Waals surface area contributed by atoms with Gasteiger partial charge < -0.3 is 20.9 Å². The Kier molecular flexibility index (Phi) is 8.73. The van der Waals surface area contributed by atoms with Crippen molar-refractivity contribution in [2.75, 3.05) is 7.05 Å². The van der Waals surface area contributed by atoms with Gasteiger partial charge in [0, 0.05) is 25.4 Å². The molecule has 1 saturated carbocycles. The van der Waals surface area contributed by atoms with E-state index in [1.165, 1.54) is 11.8 Å². The van der Waals surface area contributed by atoms with Gasteiger partial charge in [-0.1, -0.05) is 33.6 Å². The fourth-order valence-electron chi connectivity index (χ4n) is 4.40. The van der Waals surface area contributed by atoms with Crippen molar-refractivity contribution in [3.8, 4) is 6.07 Å². The maximum Gasteiger partial charge on any atom is 0.246 e. The lowest BCUT2D eigenvalue weighted by Gasteiger charge is -2.37. The standard InChI is InChI=1S/C25H41N5O4/c1-15(31)27-20(24(2,3)4)23(34)30(7)19(12-16-8-9-16)22(33)28-18(14-26)13-17-10-11-25(5,6)29-21(17)32/h16-20H,8-13H2,1-7H3,(H,27,31)(H,28,33)(H,29,32)/t17-,18-,19-,20+/m0/s1. The maximum atomic E-state index is 13.4. The molecule has 0 bridgehead atoms. The highest BCUT2D eigenvalue weighted by atomic mass is 16.2. The molecular weight excluding hydrogens is 434 g/mol. The summed E-state index contributed by atoms with van der Waals surface area (Å²) in [5.41, 5.74) is -0.816. The fraction of sp³-hybridized carbons (Fsp3) is 0.800. The van der Waals surface area contributed by atoms with E-state index < -0.39 is 29.4 Å². The first-order valence-corrected chi connectivity index (χ1v) is 12.2. The van der Waals surface area contributed by atoms with Crippen molar-refractivity contribution in [3.05, 3.63) is 0 Å². The number of nitrogens with one attached hydrogen (secondary N) is 3. The number of amides is 4. The number of nitrogens with zero attached hydrogens (tertiary/aromatic N) is 2. The molecule has 2 fully saturated rings. The van der Waals surface area contributed by atoms with Crippen LogP contribution in [0.15, 0.2) is 0 Å². The second-order valence-corrected chi connectivity index (χ2v) is 11.7. The van der Waals surface area contributed by atoms with E-state index in [0.29, 0.717) is 18.8 Å². The average Bonchev–Trinajstić information content (AvgIpc) is 3.53.